The van der Waals surface area contributed by atoms with Crippen molar-refractivity contribution in [3.8, 4) is 11.5 Å². The molecule has 0 fully saturated rings. The largest absolute Gasteiger partial charge is 0.490 e. The molecule has 0 bridgehead atoms. The fraction of sp³-hybridized carbons (Fsp3) is 0.333. The molecule has 0 spiro atoms. The molecule has 0 atom stereocenters. The first-order chi connectivity index (χ1) is 9.56. The van der Waals surface area contributed by atoms with Gasteiger partial charge in [-0.2, -0.15) is 0 Å². The van der Waals surface area contributed by atoms with Gasteiger partial charge in [0.15, 0.2) is 0 Å². The zero-order valence-electron chi connectivity index (χ0n) is 12.7. The molecule has 2 aromatic rings. The summed E-state index contributed by atoms with van der Waals surface area (Å²) in [5, 5.41) is 0. The maximum Gasteiger partial charge on any atom is 0.122 e. The summed E-state index contributed by atoms with van der Waals surface area (Å²) in [6.45, 7) is 9.40. The van der Waals surface area contributed by atoms with Crippen LogP contribution < -0.4 is 9.47 Å². The van der Waals surface area contributed by atoms with Crippen LogP contribution in [0.25, 0.3) is 0 Å². The Morgan fingerprint density at radius 2 is 1.05 bits per heavy atom. The molecular formula is C18H22O2. The molecule has 2 aromatic carbocycles. The van der Waals surface area contributed by atoms with Crippen LogP contribution >= 0.6 is 0 Å². The summed E-state index contributed by atoms with van der Waals surface area (Å²) in [7, 11) is 0. The number of ether oxygens (including phenoxy) is 2. The second kappa shape index (κ2) is 6.47. The van der Waals surface area contributed by atoms with Gasteiger partial charge in [-0.1, -0.05) is 35.4 Å². The van der Waals surface area contributed by atoms with Gasteiger partial charge in [0.1, 0.15) is 24.7 Å². The molecule has 0 heterocycles. The van der Waals surface area contributed by atoms with E-state index >= 15 is 0 Å². The van der Waals surface area contributed by atoms with Crippen molar-refractivity contribution in [2.75, 3.05) is 13.2 Å². The van der Waals surface area contributed by atoms with Gasteiger partial charge in [-0.3, -0.25) is 0 Å². The molecule has 0 aliphatic carbocycles. The van der Waals surface area contributed by atoms with Crippen molar-refractivity contribution in [1.82, 2.24) is 0 Å². The van der Waals surface area contributed by atoms with Crippen LogP contribution in [0.2, 0.25) is 0 Å². The first-order valence-electron chi connectivity index (χ1n) is 6.96. The van der Waals surface area contributed by atoms with E-state index in [2.05, 4.69) is 52.0 Å². The smallest absolute Gasteiger partial charge is 0.122 e. The molecule has 20 heavy (non-hydrogen) atoms. The summed E-state index contributed by atoms with van der Waals surface area (Å²) in [5.74, 6) is 1.86. The minimum atomic E-state index is 0.553. The lowest BCUT2D eigenvalue weighted by Gasteiger charge is -2.12. The fourth-order valence-electron chi connectivity index (χ4n) is 2.23. The first-order valence-corrected chi connectivity index (χ1v) is 6.96. The van der Waals surface area contributed by atoms with Gasteiger partial charge in [-0.25, -0.2) is 0 Å². The Hall–Kier alpha value is -1.96. The monoisotopic (exact) mass is 270 g/mol. The number of aryl methyl sites for hydroxylation is 4. The number of benzene rings is 2. The maximum atomic E-state index is 5.75. The Balaban J connectivity index is 1.84. The topological polar surface area (TPSA) is 18.5 Å². The van der Waals surface area contributed by atoms with E-state index in [1.165, 1.54) is 11.1 Å². The summed E-state index contributed by atoms with van der Waals surface area (Å²) in [5.41, 5.74) is 4.83. The van der Waals surface area contributed by atoms with Crippen LogP contribution in [-0.4, -0.2) is 13.2 Å². The molecule has 0 unspecified atom stereocenters. The summed E-state index contributed by atoms with van der Waals surface area (Å²) in [6.07, 6.45) is 0. The third kappa shape index (κ3) is 3.77. The molecule has 0 N–H and O–H groups in total. The molecule has 0 aliphatic rings. The highest BCUT2D eigenvalue weighted by Gasteiger charge is 2.02. The standard InChI is InChI=1S/C18H22O2/c1-13-5-7-17(15(3)11-13)19-9-10-20-18-8-6-14(2)12-16(18)4/h5-8,11-12H,9-10H2,1-4H3. The van der Waals surface area contributed by atoms with Gasteiger partial charge in [-0.05, 0) is 51.0 Å². The van der Waals surface area contributed by atoms with Crippen LogP contribution in [0.5, 0.6) is 11.5 Å². The molecule has 0 saturated heterocycles. The Morgan fingerprint density at radius 1 is 0.650 bits per heavy atom. The van der Waals surface area contributed by atoms with E-state index in [4.69, 9.17) is 9.47 Å². The van der Waals surface area contributed by atoms with Gasteiger partial charge < -0.3 is 9.47 Å². The highest BCUT2D eigenvalue weighted by Crippen LogP contribution is 2.20. The normalized spacial score (nSPS) is 10.4. The Labute approximate surface area is 121 Å². The van der Waals surface area contributed by atoms with Crippen molar-refractivity contribution in [2.45, 2.75) is 27.7 Å². The summed E-state index contributed by atoms with van der Waals surface area (Å²) in [6, 6.07) is 12.4. The van der Waals surface area contributed by atoms with Crippen molar-refractivity contribution >= 4 is 0 Å². The second-order valence-corrected chi connectivity index (χ2v) is 5.23. The first kappa shape index (κ1) is 14.4. The number of hydrogen-bond acceptors (Lipinski definition) is 2. The zero-order chi connectivity index (χ0) is 14.5. The summed E-state index contributed by atoms with van der Waals surface area (Å²) in [4.78, 5) is 0. The molecule has 0 amide bonds. The van der Waals surface area contributed by atoms with Crippen molar-refractivity contribution in [1.29, 1.82) is 0 Å². The summed E-state index contributed by atoms with van der Waals surface area (Å²) >= 11 is 0. The van der Waals surface area contributed by atoms with E-state index in [-0.39, 0.29) is 0 Å². The molecule has 0 saturated carbocycles. The van der Waals surface area contributed by atoms with E-state index in [0.717, 1.165) is 22.6 Å². The predicted octanol–water partition coefficient (Wildman–Crippen LogP) is 4.38. The van der Waals surface area contributed by atoms with Crippen molar-refractivity contribution < 1.29 is 9.47 Å². The van der Waals surface area contributed by atoms with E-state index in [0.29, 0.717) is 13.2 Å². The van der Waals surface area contributed by atoms with Crippen LogP contribution in [0.15, 0.2) is 36.4 Å². The van der Waals surface area contributed by atoms with E-state index < -0.39 is 0 Å². The SMILES string of the molecule is Cc1ccc(OCCOc2ccc(C)cc2C)c(C)c1. The van der Waals surface area contributed by atoms with Crippen LogP contribution in [0, 0.1) is 27.7 Å². The molecule has 0 aromatic heterocycles. The summed E-state index contributed by atoms with van der Waals surface area (Å²) < 4.78 is 11.5. The van der Waals surface area contributed by atoms with Crippen LogP contribution in [-0.2, 0) is 0 Å². The molecule has 106 valence electrons. The van der Waals surface area contributed by atoms with Gasteiger partial charge in [0.05, 0.1) is 0 Å². The molecule has 2 heteroatoms. The van der Waals surface area contributed by atoms with E-state index in [1.807, 2.05) is 12.1 Å². The number of hydrogen-bond donors (Lipinski definition) is 0. The van der Waals surface area contributed by atoms with Crippen LogP contribution in [0.3, 0.4) is 0 Å². The highest BCUT2D eigenvalue weighted by atomic mass is 16.5. The van der Waals surface area contributed by atoms with E-state index in [9.17, 15) is 0 Å². The molecule has 2 rings (SSSR count). The quantitative estimate of drug-likeness (QED) is 0.751. The Kier molecular flexibility index (Phi) is 4.67. The number of rotatable bonds is 5. The third-order valence-corrected chi connectivity index (χ3v) is 3.26. The molecular weight excluding hydrogens is 248 g/mol. The lowest BCUT2D eigenvalue weighted by Crippen LogP contribution is -2.10. The van der Waals surface area contributed by atoms with Gasteiger partial charge >= 0.3 is 0 Å². The second-order valence-electron chi connectivity index (χ2n) is 5.23. The maximum absolute atomic E-state index is 5.75. The minimum absolute atomic E-state index is 0.553. The van der Waals surface area contributed by atoms with Crippen molar-refractivity contribution in [3.63, 3.8) is 0 Å². The lowest BCUT2D eigenvalue weighted by molar-refractivity contribution is 0.215. The average molecular weight is 270 g/mol. The average Bonchev–Trinajstić information content (AvgIpc) is 2.39. The van der Waals surface area contributed by atoms with Crippen LogP contribution in [0.1, 0.15) is 22.3 Å². The predicted molar refractivity (Wildman–Crippen MR) is 82.8 cm³/mol. The van der Waals surface area contributed by atoms with Gasteiger partial charge in [-0.15, -0.1) is 0 Å². The Bertz CT molecular complexity index is 534. The van der Waals surface area contributed by atoms with Crippen LogP contribution in [0.4, 0.5) is 0 Å². The lowest BCUT2D eigenvalue weighted by atomic mass is 10.1. The Morgan fingerprint density at radius 3 is 1.40 bits per heavy atom. The van der Waals surface area contributed by atoms with Gasteiger partial charge in [0.2, 0.25) is 0 Å². The zero-order valence-corrected chi connectivity index (χ0v) is 12.7. The molecule has 0 radical (unpaired) electrons. The van der Waals surface area contributed by atoms with Gasteiger partial charge in [0.25, 0.3) is 0 Å². The highest BCUT2D eigenvalue weighted by molar-refractivity contribution is 5.36. The fourth-order valence-corrected chi connectivity index (χ4v) is 2.23. The third-order valence-electron chi connectivity index (χ3n) is 3.26. The molecule has 2 nitrogen and oxygen atoms in total. The minimum Gasteiger partial charge on any atom is -0.490 e. The van der Waals surface area contributed by atoms with Crippen molar-refractivity contribution in [3.05, 3.63) is 58.7 Å². The van der Waals surface area contributed by atoms with Crippen molar-refractivity contribution in [2.24, 2.45) is 0 Å². The van der Waals surface area contributed by atoms with Gasteiger partial charge in [0, 0.05) is 0 Å². The molecule has 0 aliphatic heterocycles. The van der Waals surface area contributed by atoms with E-state index in [1.54, 1.807) is 0 Å².